The Morgan fingerprint density at radius 2 is 1.90 bits per heavy atom. The lowest BCUT2D eigenvalue weighted by atomic mass is 10.2. The van der Waals surface area contributed by atoms with Gasteiger partial charge in [-0.1, -0.05) is 12.8 Å². The zero-order valence-corrected chi connectivity index (χ0v) is 19.3. The van der Waals surface area contributed by atoms with Crippen molar-refractivity contribution in [1.29, 1.82) is 0 Å². The first-order chi connectivity index (χ1) is 14.9. The van der Waals surface area contributed by atoms with E-state index in [1.807, 2.05) is 12.3 Å². The summed E-state index contributed by atoms with van der Waals surface area (Å²) in [5.41, 5.74) is 1.84. The van der Waals surface area contributed by atoms with Crippen LogP contribution in [-0.4, -0.2) is 42.3 Å². The molecule has 0 bridgehead atoms. The molecule has 0 saturated carbocycles. The molecule has 0 radical (unpaired) electrons. The summed E-state index contributed by atoms with van der Waals surface area (Å²) in [6.07, 6.45) is 3.88. The number of aryl methyl sites for hydroxylation is 1. The van der Waals surface area contributed by atoms with E-state index in [1.54, 1.807) is 26.9 Å². The SMILES string of the molecule is COc1ccc(S(=O)(=O)N2CCCCCC2)cc1NCc1cc(=O)n2c(C)csc2n1. The molecule has 166 valence electrons. The average molecular weight is 463 g/mol. The minimum Gasteiger partial charge on any atom is -0.495 e. The Hall–Kier alpha value is -2.43. The zero-order chi connectivity index (χ0) is 22.0. The maximum atomic E-state index is 13.2. The van der Waals surface area contributed by atoms with Gasteiger partial charge in [-0.2, -0.15) is 4.31 Å². The van der Waals surface area contributed by atoms with Crippen molar-refractivity contribution in [2.45, 2.75) is 44.0 Å². The Kier molecular flexibility index (Phi) is 6.31. The molecule has 1 saturated heterocycles. The molecule has 3 aromatic rings. The summed E-state index contributed by atoms with van der Waals surface area (Å²) in [6, 6.07) is 6.32. The van der Waals surface area contributed by atoms with Gasteiger partial charge in [-0.15, -0.1) is 11.3 Å². The lowest BCUT2D eigenvalue weighted by Gasteiger charge is -2.21. The predicted molar refractivity (Wildman–Crippen MR) is 122 cm³/mol. The van der Waals surface area contributed by atoms with Crippen LogP contribution in [0.3, 0.4) is 0 Å². The molecular weight excluding hydrogens is 436 g/mol. The van der Waals surface area contributed by atoms with Gasteiger partial charge in [0, 0.05) is 30.2 Å². The van der Waals surface area contributed by atoms with Crippen molar-refractivity contribution in [2.75, 3.05) is 25.5 Å². The highest BCUT2D eigenvalue weighted by molar-refractivity contribution is 7.89. The van der Waals surface area contributed by atoms with E-state index >= 15 is 0 Å². The van der Waals surface area contributed by atoms with Crippen LogP contribution in [0.5, 0.6) is 5.75 Å². The first-order valence-electron chi connectivity index (χ1n) is 10.3. The molecule has 0 unspecified atom stereocenters. The van der Waals surface area contributed by atoms with Crippen LogP contribution < -0.4 is 15.6 Å². The highest BCUT2D eigenvalue weighted by Crippen LogP contribution is 2.30. The third kappa shape index (κ3) is 4.46. The smallest absolute Gasteiger partial charge is 0.259 e. The van der Waals surface area contributed by atoms with Gasteiger partial charge in [-0.3, -0.25) is 9.20 Å². The van der Waals surface area contributed by atoms with Gasteiger partial charge in [-0.25, -0.2) is 13.4 Å². The summed E-state index contributed by atoms with van der Waals surface area (Å²) in [7, 11) is -2.04. The van der Waals surface area contributed by atoms with Crippen LogP contribution in [-0.2, 0) is 16.6 Å². The molecule has 2 aromatic heterocycles. The minimum atomic E-state index is -3.58. The molecular formula is C21H26N4O4S2. The van der Waals surface area contributed by atoms with Crippen molar-refractivity contribution in [3.63, 3.8) is 0 Å². The van der Waals surface area contributed by atoms with Gasteiger partial charge in [0.2, 0.25) is 10.0 Å². The topological polar surface area (TPSA) is 93.0 Å². The summed E-state index contributed by atoms with van der Waals surface area (Å²) >= 11 is 1.41. The number of nitrogens with zero attached hydrogens (tertiary/aromatic N) is 3. The Bertz CT molecular complexity index is 1240. The van der Waals surface area contributed by atoms with Gasteiger partial charge in [0.1, 0.15) is 5.75 Å². The molecule has 3 heterocycles. The van der Waals surface area contributed by atoms with Crippen LogP contribution >= 0.6 is 11.3 Å². The molecule has 31 heavy (non-hydrogen) atoms. The van der Waals surface area contributed by atoms with E-state index in [2.05, 4.69) is 10.3 Å². The van der Waals surface area contributed by atoms with Gasteiger partial charge >= 0.3 is 0 Å². The number of aromatic nitrogens is 2. The molecule has 1 aromatic carbocycles. The number of hydrogen-bond acceptors (Lipinski definition) is 7. The molecule has 1 aliphatic heterocycles. The fraction of sp³-hybridized carbons (Fsp3) is 0.429. The maximum absolute atomic E-state index is 13.2. The third-order valence-electron chi connectivity index (χ3n) is 5.46. The molecule has 1 N–H and O–H groups in total. The second kappa shape index (κ2) is 8.97. The number of ether oxygens (including phenoxy) is 1. The number of rotatable bonds is 6. The highest BCUT2D eigenvalue weighted by atomic mass is 32.2. The van der Waals surface area contributed by atoms with Crippen LogP contribution in [0.1, 0.15) is 37.1 Å². The number of anilines is 1. The first kappa shape index (κ1) is 21.8. The number of thiazole rings is 1. The number of fused-ring (bicyclic) bond motifs is 1. The fourth-order valence-corrected chi connectivity index (χ4v) is 6.23. The van der Waals surface area contributed by atoms with E-state index in [-0.39, 0.29) is 17.0 Å². The number of methoxy groups -OCH3 is 1. The van der Waals surface area contributed by atoms with Gasteiger partial charge in [-0.05, 0) is 38.0 Å². The van der Waals surface area contributed by atoms with E-state index in [9.17, 15) is 13.2 Å². The highest BCUT2D eigenvalue weighted by Gasteiger charge is 2.26. The van der Waals surface area contributed by atoms with Crippen molar-refractivity contribution < 1.29 is 13.2 Å². The summed E-state index contributed by atoms with van der Waals surface area (Å²) < 4.78 is 34.9. The second-order valence-corrected chi connectivity index (χ2v) is 10.4. The van der Waals surface area contributed by atoms with Crippen molar-refractivity contribution in [3.05, 3.63) is 51.4 Å². The number of sulfonamides is 1. The lowest BCUT2D eigenvalue weighted by Crippen LogP contribution is -2.32. The third-order valence-corrected chi connectivity index (χ3v) is 8.30. The van der Waals surface area contributed by atoms with Gasteiger partial charge in [0.15, 0.2) is 4.96 Å². The predicted octanol–water partition coefficient (Wildman–Crippen LogP) is 3.25. The largest absolute Gasteiger partial charge is 0.495 e. The summed E-state index contributed by atoms with van der Waals surface area (Å²) in [4.78, 5) is 17.8. The Morgan fingerprint density at radius 3 is 2.61 bits per heavy atom. The molecule has 10 heteroatoms. The Labute approximate surface area is 185 Å². The molecule has 0 spiro atoms. The normalized spacial score (nSPS) is 15.7. The van der Waals surface area contributed by atoms with Gasteiger partial charge < -0.3 is 10.1 Å². The van der Waals surface area contributed by atoms with E-state index < -0.39 is 10.0 Å². The standard InChI is InChI=1S/C21H26N4O4S2/c1-15-14-30-21-23-16(11-20(26)25(15)21)13-22-18-12-17(7-8-19(18)29-2)31(27,28)24-9-5-3-4-6-10-24/h7-8,11-12,14,22H,3-6,9-10,13H2,1-2H3. The summed E-state index contributed by atoms with van der Waals surface area (Å²) in [5, 5.41) is 5.08. The average Bonchev–Trinajstić information content (AvgIpc) is 2.95. The number of hydrogen-bond donors (Lipinski definition) is 1. The lowest BCUT2D eigenvalue weighted by molar-refractivity contribution is 0.414. The van der Waals surface area contributed by atoms with E-state index in [0.29, 0.717) is 35.2 Å². The van der Waals surface area contributed by atoms with Crippen LogP contribution in [0.15, 0.2) is 39.3 Å². The van der Waals surface area contributed by atoms with Crippen molar-refractivity contribution in [2.24, 2.45) is 0 Å². The van der Waals surface area contributed by atoms with Gasteiger partial charge in [0.25, 0.3) is 5.56 Å². The molecule has 0 amide bonds. The molecule has 0 aliphatic carbocycles. The van der Waals surface area contributed by atoms with Crippen LogP contribution in [0.2, 0.25) is 0 Å². The Morgan fingerprint density at radius 1 is 1.16 bits per heavy atom. The van der Waals surface area contributed by atoms with E-state index in [4.69, 9.17) is 4.74 Å². The van der Waals surface area contributed by atoms with Crippen LogP contribution in [0.25, 0.3) is 4.96 Å². The second-order valence-electron chi connectivity index (χ2n) is 7.61. The van der Waals surface area contributed by atoms with Crippen molar-refractivity contribution in [1.82, 2.24) is 13.7 Å². The fourth-order valence-electron chi connectivity index (χ4n) is 3.79. The van der Waals surface area contributed by atoms with Crippen LogP contribution in [0.4, 0.5) is 5.69 Å². The quantitative estimate of drug-likeness (QED) is 0.605. The number of nitrogens with one attached hydrogen (secondary N) is 1. The molecule has 1 aliphatic rings. The first-order valence-corrected chi connectivity index (χ1v) is 12.6. The Balaban J connectivity index is 1.60. The van der Waals surface area contributed by atoms with Crippen molar-refractivity contribution >= 4 is 32.0 Å². The van der Waals surface area contributed by atoms with Crippen molar-refractivity contribution in [3.8, 4) is 5.75 Å². The summed E-state index contributed by atoms with van der Waals surface area (Å²) in [6.45, 7) is 3.23. The van der Waals surface area contributed by atoms with E-state index in [1.165, 1.54) is 24.5 Å². The monoisotopic (exact) mass is 462 g/mol. The summed E-state index contributed by atoms with van der Waals surface area (Å²) in [5.74, 6) is 0.527. The van der Waals surface area contributed by atoms with Crippen LogP contribution in [0, 0.1) is 6.92 Å². The molecule has 8 nitrogen and oxygen atoms in total. The maximum Gasteiger partial charge on any atom is 0.259 e. The van der Waals surface area contributed by atoms with E-state index in [0.717, 1.165) is 31.4 Å². The minimum absolute atomic E-state index is 0.134. The van der Waals surface area contributed by atoms with Gasteiger partial charge in [0.05, 0.1) is 29.9 Å². The molecule has 0 atom stereocenters. The molecule has 1 fully saturated rings. The molecule has 4 rings (SSSR count). The zero-order valence-electron chi connectivity index (χ0n) is 17.6. The number of benzene rings is 1.